The molecule has 9 heteroatoms. The minimum atomic E-state index is -3.03. The van der Waals surface area contributed by atoms with Gasteiger partial charge in [-0.25, -0.2) is 8.42 Å². The SMILES string of the molecule is Cc1ccc(-n2cnnc2SC(C)C(=O)N(C)C2CCS(=O)(=O)C2)c(C)c1. The number of sulfone groups is 1. The van der Waals surface area contributed by atoms with Gasteiger partial charge in [0.1, 0.15) is 6.33 Å². The van der Waals surface area contributed by atoms with Crippen molar-refractivity contribution in [1.29, 1.82) is 0 Å². The molecule has 1 aromatic carbocycles. The first kappa shape index (κ1) is 19.9. The average molecular weight is 409 g/mol. The summed E-state index contributed by atoms with van der Waals surface area (Å²) < 4.78 is 25.3. The van der Waals surface area contributed by atoms with Crippen molar-refractivity contribution in [3.63, 3.8) is 0 Å². The maximum atomic E-state index is 12.8. The molecule has 0 N–H and O–H groups in total. The Morgan fingerprint density at radius 1 is 1.37 bits per heavy atom. The Bertz CT molecular complexity index is 955. The van der Waals surface area contributed by atoms with Crippen molar-refractivity contribution >= 4 is 27.5 Å². The molecule has 2 aromatic rings. The predicted octanol–water partition coefficient (Wildman–Crippen LogP) is 2.01. The second kappa shape index (κ2) is 7.63. The van der Waals surface area contributed by atoms with Crippen molar-refractivity contribution in [3.8, 4) is 5.69 Å². The van der Waals surface area contributed by atoms with E-state index in [2.05, 4.69) is 16.3 Å². The third kappa shape index (κ3) is 4.35. The highest BCUT2D eigenvalue weighted by molar-refractivity contribution is 8.00. The smallest absolute Gasteiger partial charge is 0.235 e. The van der Waals surface area contributed by atoms with Gasteiger partial charge in [-0.05, 0) is 38.8 Å². The Hall–Kier alpha value is -1.87. The van der Waals surface area contributed by atoms with Crippen molar-refractivity contribution in [2.75, 3.05) is 18.6 Å². The van der Waals surface area contributed by atoms with Gasteiger partial charge in [0.15, 0.2) is 15.0 Å². The lowest BCUT2D eigenvalue weighted by molar-refractivity contribution is -0.130. The second-order valence-corrected chi connectivity index (χ2v) is 10.6. The summed E-state index contributed by atoms with van der Waals surface area (Å²) in [4.78, 5) is 14.3. The van der Waals surface area contributed by atoms with E-state index in [1.165, 1.54) is 17.3 Å². The van der Waals surface area contributed by atoms with Gasteiger partial charge < -0.3 is 4.90 Å². The summed E-state index contributed by atoms with van der Waals surface area (Å²) >= 11 is 1.33. The Morgan fingerprint density at radius 3 is 2.74 bits per heavy atom. The number of aryl methyl sites for hydroxylation is 2. The van der Waals surface area contributed by atoms with Crippen LogP contribution in [0.2, 0.25) is 0 Å². The van der Waals surface area contributed by atoms with Crippen LogP contribution in [-0.4, -0.2) is 63.8 Å². The zero-order chi connectivity index (χ0) is 19.8. The average Bonchev–Trinajstić information content (AvgIpc) is 3.19. The third-order valence-electron chi connectivity index (χ3n) is 4.86. The number of hydrogen-bond donors (Lipinski definition) is 0. The number of nitrogens with zero attached hydrogens (tertiary/aromatic N) is 4. The molecule has 0 saturated carbocycles. The summed E-state index contributed by atoms with van der Waals surface area (Å²) in [6, 6.07) is 5.88. The quantitative estimate of drug-likeness (QED) is 0.704. The minimum Gasteiger partial charge on any atom is -0.341 e. The molecule has 1 aliphatic rings. The van der Waals surface area contributed by atoms with Crippen LogP contribution >= 0.6 is 11.8 Å². The fourth-order valence-electron chi connectivity index (χ4n) is 3.30. The van der Waals surface area contributed by atoms with Gasteiger partial charge in [0, 0.05) is 13.1 Å². The van der Waals surface area contributed by atoms with Gasteiger partial charge in [0.2, 0.25) is 5.91 Å². The molecule has 0 spiro atoms. The number of amides is 1. The summed E-state index contributed by atoms with van der Waals surface area (Å²) in [5.74, 6) is 0.0979. The number of hydrogen-bond acceptors (Lipinski definition) is 6. The maximum Gasteiger partial charge on any atom is 0.235 e. The second-order valence-electron chi connectivity index (χ2n) is 7.04. The molecule has 2 heterocycles. The first-order valence-corrected chi connectivity index (χ1v) is 11.5. The van der Waals surface area contributed by atoms with E-state index in [0.29, 0.717) is 11.6 Å². The van der Waals surface area contributed by atoms with Gasteiger partial charge in [-0.1, -0.05) is 29.5 Å². The van der Waals surface area contributed by atoms with Gasteiger partial charge in [-0.2, -0.15) is 0 Å². The molecule has 1 aliphatic heterocycles. The summed E-state index contributed by atoms with van der Waals surface area (Å²) in [6.45, 7) is 5.88. The summed E-state index contributed by atoms with van der Waals surface area (Å²) in [6.07, 6.45) is 2.14. The molecular weight excluding hydrogens is 384 g/mol. The highest BCUT2D eigenvalue weighted by atomic mass is 32.2. The molecule has 1 aromatic heterocycles. The van der Waals surface area contributed by atoms with E-state index in [1.807, 2.05) is 37.5 Å². The third-order valence-corrected chi connectivity index (χ3v) is 7.66. The maximum absolute atomic E-state index is 12.8. The fourth-order valence-corrected chi connectivity index (χ4v) is 6.01. The van der Waals surface area contributed by atoms with Gasteiger partial charge in [-0.15, -0.1) is 10.2 Å². The Balaban J connectivity index is 1.74. The summed E-state index contributed by atoms with van der Waals surface area (Å²) in [5, 5.41) is 8.41. The molecular formula is C18H24N4O3S2. The van der Waals surface area contributed by atoms with Crippen LogP contribution in [-0.2, 0) is 14.6 Å². The Labute approximate surface area is 164 Å². The van der Waals surface area contributed by atoms with Gasteiger partial charge >= 0.3 is 0 Å². The van der Waals surface area contributed by atoms with Crippen LogP contribution in [0.3, 0.4) is 0 Å². The van der Waals surface area contributed by atoms with E-state index in [0.717, 1.165) is 11.3 Å². The van der Waals surface area contributed by atoms with Crippen LogP contribution in [0.4, 0.5) is 0 Å². The minimum absolute atomic E-state index is 0.0470. The molecule has 7 nitrogen and oxygen atoms in total. The van der Waals surface area contributed by atoms with Gasteiger partial charge in [0.25, 0.3) is 0 Å². The van der Waals surface area contributed by atoms with Crippen molar-refractivity contribution in [3.05, 3.63) is 35.7 Å². The lowest BCUT2D eigenvalue weighted by Gasteiger charge is -2.26. The molecule has 27 heavy (non-hydrogen) atoms. The van der Waals surface area contributed by atoms with Gasteiger partial charge in [-0.3, -0.25) is 9.36 Å². The fraction of sp³-hybridized carbons (Fsp3) is 0.500. The molecule has 2 atom stereocenters. The summed E-state index contributed by atoms with van der Waals surface area (Å²) in [7, 11) is -1.35. The van der Waals surface area contributed by atoms with Crippen LogP contribution in [0.5, 0.6) is 0 Å². The zero-order valence-electron chi connectivity index (χ0n) is 15.9. The molecule has 1 fully saturated rings. The molecule has 0 radical (unpaired) electrons. The first-order chi connectivity index (χ1) is 12.7. The first-order valence-electron chi connectivity index (χ1n) is 8.79. The zero-order valence-corrected chi connectivity index (χ0v) is 17.5. The topological polar surface area (TPSA) is 85.2 Å². The molecule has 3 rings (SSSR count). The molecule has 146 valence electrons. The summed E-state index contributed by atoms with van der Waals surface area (Å²) in [5.41, 5.74) is 3.25. The number of thioether (sulfide) groups is 1. The van der Waals surface area contributed by atoms with Crippen LogP contribution in [0.25, 0.3) is 5.69 Å². The molecule has 1 saturated heterocycles. The number of rotatable bonds is 5. The largest absolute Gasteiger partial charge is 0.341 e. The van der Waals surface area contributed by atoms with E-state index in [9.17, 15) is 13.2 Å². The van der Waals surface area contributed by atoms with Crippen molar-refractivity contribution in [2.24, 2.45) is 0 Å². The van der Waals surface area contributed by atoms with E-state index in [1.54, 1.807) is 18.3 Å². The Kier molecular flexibility index (Phi) is 5.62. The standard InChI is InChI=1S/C18H24N4O3S2/c1-12-5-6-16(13(2)9-12)22-11-19-20-18(22)26-14(3)17(23)21(4)15-7-8-27(24,25)10-15/h5-6,9,11,14-15H,7-8,10H2,1-4H3. The Morgan fingerprint density at radius 2 is 2.11 bits per heavy atom. The van der Waals surface area contributed by atoms with Gasteiger partial charge in [0.05, 0.1) is 22.4 Å². The lowest BCUT2D eigenvalue weighted by Crippen LogP contribution is -2.41. The number of carbonyl (C=O) groups excluding carboxylic acids is 1. The van der Waals surface area contributed by atoms with Crippen LogP contribution in [0.1, 0.15) is 24.5 Å². The van der Waals surface area contributed by atoms with Crippen LogP contribution < -0.4 is 0 Å². The molecule has 0 aliphatic carbocycles. The van der Waals surface area contributed by atoms with E-state index < -0.39 is 15.1 Å². The highest BCUT2D eigenvalue weighted by Gasteiger charge is 2.34. The van der Waals surface area contributed by atoms with E-state index in [-0.39, 0.29) is 23.5 Å². The van der Waals surface area contributed by atoms with Crippen molar-refractivity contribution < 1.29 is 13.2 Å². The lowest BCUT2D eigenvalue weighted by atomic mass is 10.1. The van der Waals surface area contributed by atoms with Crippen LogP contribution in [0.15, 0.2) is 29.7 Å². The number of benzene rings is 1. The monoisotopic (exact) mass is 408 g/mol. The highest BCUT2D eigenvalue weighted by Crippen LogP contribution is 2.27. The van der Waals surface area contributed by atoms with E-state index >= 15 is 0 Å². The van der Waals surface area contributed by atoms with E-state index in [4.69, 9.17) is 0 Å². The number of carbonyl (C=O) groups is 1. The van der Waals surface area contributed by atoms with Crippen molar-refractivity contribution in [2.45, 2.75) is 43.6 Å². The molecule has 0 bridgehead atoms. The normalized spacial score (nSPS) is 19.8. The van der Waals surface area contributed by atoms with Crippen LogP contribution in [0, 0.1) is 13.8 Å². The van der Waals surface area contributed by atoms with Crippen molar-refractivity contribution in [1.82, 2.24) is 19.7 Å². The molecule has 1 amide bonds. The molecule has 2 unspecified atom stereocenters. The number of aromatic nitrogens is 3. The predicted molar refractivity (Wildman–Crippen MR) is 106 cm³/mol.